The topological polar surface area (TPSA) is 72.8 Å². The van der Waals surface area contributed by atoms with Crippen LogP contribution in [0.15, 0.2) is 54.6 Å². The molecule has 169 valence electrons. The second-order valence-corrected chi connectivity index (χ2v) is 8.92. The van der Waals surface area contributed by atoms with Gasteiger partial charge in [0.1, 0.15) is 0 Å². The molecule has 3 atom stereocenters. The Labute approximate surface area is 191 Å². The van der Waals surface area contributed by atoms with Gasteiger partial charge in [-0.1, -0.05) is 60.9 Å². The van der Waals surface area contributed by atoms with E-state index in [0.29, 0.717) is 25.8 Å². The molecule has 0 aliphatic carbocycles. The number of carboxylic acid groups (broad SMARTS) is 1. The Morgan fingerprint density at radius 1 is 1.19 bits per heavy atom. The number of carbonyl (C=O) groups excluding carboxylic acids is 1. The molecular weight excluding hydrogens is 403 g/mol. The summed E-state index contributed by atoms with van der Waals surface area (Å²) in [5.41, 5.74) is 2.37. The molecule has 6 heteroatoms. The van der Waals surface area contributed by atoms with Crippen molar-refractivity contribution in [2.45, 2.75) is 51.6 Å². The average Bonchev–Trinajstić information content (AvgIpc) is 2.83. The smallest absolute Gasteiger partial charge is 0.311 e. The van der Waals surface area contributed by atoms with Crippen molar-refractivity contribution in [1.29, 1.82) is 0 Å². The van der Waals surface area contributed by atoms with Crippen LogP contribution in [0.1, 0.15) is 38.2 Å². The van der Waals surface area contributed by atoms with Gasteiger partial charge in [0.05, 0.1) is 18.2 Å². The van der Waals surface area contributed by atoms with Crippen molar-refractivity contribution in [3.8, 4) is 11.1 Å². The maximum atomic E-state index is 12.2. The lowest BCUT2D eigenvalue weighted by Crippen LogP contribution is -2.38. The summed E-state index contributed by atoms with van der Waals surface area (Å²) < 4.78 is 11.4. The summed E-state index contributed by atoms with van der Waals surface area (Å²) in [6.07, 6.45) is 4.96. The molecule has 0 spiro atoms. The minimum absolute atomic E-state index is 0.0137. The molecule has 2 aromatic carbocycles. The molecule has 1 aliphatic rings. The number of benzene rings is 2. The van der Waals surface area contributed by atoms with Crippen LogP contribution in [0, 0.1) is 11.3 Å². The molecule has 0 bridgehead atoms. The van der Waals surface area contributed by atoms with Crippen LogP contribution in [-0.4, -0.2) is 44.0 Å². The Kier molecular flexibility index (Phi) is 9.06. The highest BCUT2D eigenvalue weighted by molar-refractivity contribution is 6.66. The number of hydrogen-bond donors (Lipinski definition) is 1. The van der Waals surface area contributed by atoms with E-state index in [9.17, 15) is 14.7 Å². The minimum Gasteiger partial charge on any atom is -0.481 e. The standard InChI is InChI=1S/C26H32BO5/c1-26(25(29)30,18-32-24-9-5-6-14-31-24)16-21(17-27-19-28)15-20-10-12-23(13-11-20)22-7-3-2-4-8-22/h2-4,7-8,10-13,19,21,24H,5-6,9,14-18H2,1H3,(H,29,30)/t21-,24?,26+/m1/s1. The lowest BCUT2D eigenvalue weighted by atomic mass is 9.66. The van der Waals surface area contributed by atoms with Crippen LogP contribution >= 0.6 is 0 Å². The molecule has 1 unspecified atom stereocenters. The van der Waals surface area contributed by atoms with Crippen molar-refractivity contribution in [3.63, 3.8) is 0 Å². The molecule has 1 radical (unpaired) electrons. The van der Waals surface area contributed by atoms with Crippen molar-refractivity contribution in [2.24, 2.45) is 11.3 Å². The minimum atomic E-state index is -1.05. The van der Waals surface area contributed by atoms with Gasteiger partial charge in [-0.25, -0.2) is 0 Å². The molecule has 1 N–H and O–H groups in total. The van der Waals surface area contributed by atoms with E-state index in [1.165, 1.54) is 0 Å². The predicted molar refractivity (Wildman–Crippen MR) is 126 cm³/mol. The first-order valence-electron chi connectivity index (χ1n) is 11.4. The van der Waals surface area contributed by atoms with E-state index in [4.69, 9.17) is 9.47 Å². The molecular formula is C26H32BO5. The SMILES string of the molecule is C[C@@](COC1CCCCO1)(C[C@H](C[B]C=O)Cc1ccc(-c2ccccc2)cc1)C(=O)O. The van der Waals surface area contributed by atoms with Crippen LogP contribution < -0.4 is 0 Å². The molecule has 1 fully saturated rings. The van der Waals surface area contributed by atoms with Gasteiger partial charge in [-0.05, 0) is 61.6 Å². The fraction of sp³-hybridized carbons (Fsp3) is 0.462. The summed E-state index contributed by atoms with van der Waals surface area (Å²) in [4.78, 5) is 23.1. The van der Waals surface area contributed by atoms with Crippen LogP contribution in [-0.2, 0) is 25.5 Å². The molecule has 1 aliphatic heterocycles. The molecule has 1 saturated heterocycles. The first-order valence-corrected chi connectivity index (χ1v) is 11.4. The van der Waals surface area contributed by atoms with Crippen LogP contribution in [0.5, 0.6) is 0 Å². The maximum Gasteiger partial charge on any atom is 0.311 e. The highest BCUT2D eigenvalue weighted by atomic mass is 16.7. The number of carbonyl (C=O) groups is 2. The average molecular weight is 435 g/mol. The molecule has 0 saturated carbocycles. The zero-order valence-corrected chi connectivity index (χ0v) is 18.7. The van der Waals surface area contributed by atoms with E-state index < -0.39 is 11.4 Å². The van der Waals surface area contributed by atoms with Gasteiger partial charge in [-0.3, -0.25) is 4.79 Å². The Bertz CT molecular complexity index is 848. The summed E-state index contributed by atoms with van der Waals surface area (Å²) in [7, 11) is 1.58. The summed E-state index contributed by atoms with van der Waals surface area (Å²) in [5.74, 6) is -0.872. The third-order valence-corrected chi connectivity index (χ3v) is 6.13. The van der Waals surface area contributed by atoms with Crippen LogP contribution in [0.2, 0.25) is 6.32 Å². The van der Waals surface area contributed by atoms with E-state index >= 15 is 0 Å². The molecule has 1 heterocycles. The normalized spacial score (nSPS) is 19.0. The van der Waals surface area contributed by atoms with E-state index in [0.717, 1.165) is 42.1 Å². The number of ether oxygens (including phenoxy) is 2. The van der Waals surface area contributed by atoms with Crippen LogP contribution in [0.4, 0.5) is 0 Å². The van der Waals surface area contributed by atoms with Gasteiger partial charge in [0.25, 0.3) is 0 Å². The number of carboxylic acids is 1. The van der Waals surface area contributed by atoms with E-state index in [1.54, 1.807) is 14.2 Å². The van der Waals surface area contributed by atoms with Gasteiger partial charge in [0, 0.05) is 6.61 Å². The van der Waals surface area contributed by atoms with Gasteiger partial charge < -0.3 is 19.4 Å². The Balaban J connectivity index is 1.66. The number of aliphatic carboxylic acids is 1. The van der Waals surface area contributed by atoms with Crippen LogP contribution in [0.25, 0.3) is 11.1 Å². The zero-order valence-electron chi connectivity index (χ0n) is 18.7. The van der Waals surface area contributed by atoms with Crippen molar-refractivity contribution >= 4 is 19.4 Å². The van der Waals surface area contributed by atoms with Gasteiger partial charge >= 0.3 is 5.97 Å². The maximum absolute atomic E-state index is 12.2. The first kappa shape index (κ1) is 24.2. The highest BCUT2D eigenvalue weighted by Crippen LogP contribution is 2.32. The summed E-state index contributed by atoms with van der Waals surface area (Å²) >= 11 is 0. The van der Waals surface area contributed by atoms with Crippen molar-refractivity contribution in [2.75, 3.05) is 13.2 Å². The van der Waals surface area contributed by atoms with Gasteiger partial charge in [0.15, 0.2) is 13.6 Å². The van der Waals surface area contributed by atoms with E-state index in [-0.39, 0.29) is 18.8 Å². The second kappa shape index (κ2) is 12.0. The summed E-state index contributed by atoms with van der Waals surface area (Å²) in [5, 5.41) is 9.96. The molecule has 0 aromatic heterocycles. The number of rotatable bonds is 12. The van der Waals surface area contributed by atoms with Gasteiger partial charge in [-0.2, -0.15) is 0 Å². The number of hydrogen-bond acceptors (Lipinski definition) is 4. The molecule has 3 rings (SSSR count). The fourth-order valence-corrected chi connectivity index (χ4v) is 4.25. The summed E-state index contributed by atoms with van der Waals surface area (Å²) in [6.45, 7) is 2.48. The molecule has 5 nitrogen and oxygen atoms in total. The molecule has 0 amide bonds. The molecule has 32 heavy (non-hydrogen) atoms. The summed E-state index contributed by atoms with van der Waals surface area (Å²) in [6, 6.07) is 18.5. The quantitative estimate of drug-likeness (QED) is 0.381. The van der Waals surface area contributed by atoms with E-state index in [1.807, 2.05) is 18.2 Å². The zero-order chi connectivity index (χ0) is 22.8. The largest absolute Gasteiger partial charge is 0.481 e. The van der Waals surface area contributed by atoms with E-state index in [2.05, 4.69) is 36.4 Å². The first-order chi connectivity index (χ1) is 15.5. The van der Waals surface area contributed by atoms with Crippen LogP contribution in [0.3, 0.4) is 0 Å². The lowest BCUT2D eigenvalue weighted by molar-refractivity contribution is -0.188. The fourth-order valence-electron chi connectivity index (χ4n) is 4.25. The Morgan fingerprint density at radius 2 is 1.91 bits per heavy atom. The van der Waals surface area contributed by atoms with Crippen molar-refractivity contribution in [3.05, 3.63) is 60.2 Å². The predicted octanol–water partition coefficient (Wildman–Crippen LogP) is 4.85. The Hall–Kier alpha value is -2.44. The van der Waals surface area contributed by atoms with Crippen molar-refractivity contribution < 1.29 is 24.2 Å². The lowest BCUT2D eigenvalue weighted by Gasteiger charge is -2.32. The Morgan fingerprint density at radius 3 is 2.53 bits per heavy atom. The monoisotopic (exact) mass is 435 g/mol. The van der Waals surface area contributed by atoms with Gasteiger partial charge in [0.2, 0.25) is 0 Å². The third kappa shape index (κ3) is 7.04. The second-order valence-electron chi connectivity index (χ2n) is 8.92. The highest BCUT2D eigenvalue weighted by Gasteiger charge is 2.37. The third-order valence-electron chi connectivity index (χ3n) is 6.13. The van der Waals surface area contributed by atoms with Gasteiger partial charge in [-0.15, -0.1) is 0 Å². The van der Waals surface area contributed by atoms with Crippen molar-refractivity contribution in [1.82, 2.24) is 0 Å². The molecule has 2 aromatic rings.